The van der Waals surface area contributed by atoms with Gasteiger partial charge in [-0.15, -0.1) is 24.0 Å². The highest BCUT2D eigenvalue weighted by Crippen LogP contribution is 2.38. The van der Waals surface area contributed by atoms with Crippen molar-refractivity contribution in [1.82, 2.24) is 15.0 Å². The molecule has 19 heavy (non-hydrogen) atoms. The van der Waals surface area contributed by atoms with Gasteiger partial charge >= 0.3 is 0 Å². The Morgan fingerprint density at radius 3 is 2.84 bits per heavy atom. The van der Waals surface area contributed by atoms with E-state index >= 15 is 0 Å². The highest BCUT2D eigenvalue weighted by molar-refractivity contribution is 14.0. The van der Waals surface area contributed by atoms with Crippen molar-refractivity contribution < 1.29 is 4.52 Å². The lowest BCUT2D eigenvalue weighted by Gasteiger charge is -2.27. The molecule has 8 heteroatoms. The van der Waals surface area contributed by atoms with Crippen LogP contribution in [0.25, 0.3) is 0 Å². The minimum absolute atomic E-state index is 0. The van der Waals surface area contributed by atoms with Crippen molar-refractivity contribution in [2.75, 3.05) is 24.6 Å². The first-order valence-electron chi connectivity index (χ1n) is 6.28. The number of hydrogen-bond acceptors (Lipinski definition) is 5. The zero-order chi connectivity index (χ0) is 12.4. The molecular formula is C11H18IN5OS. The number of halogens is 1. The van der Waals surface area contributed by atoms with Crippen LogP contribution in [0.5, 0.6) is 0 Å². The van der Waals surface area contributed by atoms with Crippen LogP contribution >= 0.6 is 35.7 Å². The molecule has 0 atom stereocenters. The molecule has 3 rings (SSSR count). The fraction of sp³-hybridized carbons (Fsp3) is 0.727. The van der Waals surface area contributed by atoms with Crippen molar-refractivity contribution in [1.29, 1.82) is 0 Å². The monoisotopic (exact) mass is 395 g/mol. The van der Waals surface area contributed by atoms with E-state index in [9.17, 15) is 0 Å². The molecule has 0 aromatic carbocycles. The molecule has 1 saturated carbocycles. The van der Waals surface area contributed by atoms with Crippen LogP contribution in [0.1, 0.15) is 30.5 Å². The summed E-state index contributed by atoms with van der Waals surface area (Å²) in [5, 5.41) is 3.92. The molecule has 2 N–H and O–H groups in total. The number of rotatable bonds is 3. The van der Waals surface area contributed by atoms with Gasteiger partial charge in [0.05, 0.1) is 0 Å². The second-order valence-electron chi connectivity index (χ2n) is 4.60. The first-order valence-corrected chi connectivity index (χ1v) is 7.43. The molecule has 2 fully saturated rings. The van der Waals surface area contributed by atoms with Crippen LogP contribution in [-0.4, -0.2) is 45.6 Å². The van der Waals surface area contributed by atoms with Gasteiger partial charge in [-0.1, -0.05) is 5.16 Å². The molecule has 0 bridgehead atoms. The molecule has 0 spiro atoms. The van der Waals surface area contributed by atoms with Gasteiger partial charge < -0.3 is 15.2 Å². The fourth-order valence-electron chi connectivity index (χ4n) is 1.87. The van der Waals surface area contributed by atoms with E-state index in [0.717, 1.165) is 30.5 Å². The Morgan fingerprint density at radius 1 is 1.42 bits per heavy atom. The standard InChI is InChI=1S/C11H17N5OS.HI/c12-11(16-3-5-18-6-4-16)13-7-9-14-10(17-15-9)8-1-2-8;/h8H,1-7H2,(H2,12,13);1H. The zero-order valence-electron chi connectivity index (χ0n) is 10.6. The van der Waals surface area contributed by atoms with E-state index in [0.29, 0.717) is 24.2 Å². The molecule has 1 aliphatic heterocycles. The lowest BCUT2D eigenvalue weighted by molar-refractivity contribution is 0.374. The van der Waals surface area contributed by atoms with Crippen LogP contribution in [0.2, 0.25) is 0 Å². The second-order valence-corrected chi connectivity index (χ2v) is 5.82. The highest BCUT2D eigenvalue weighted by atomic mass is 127. The molecule has 0 radical (unpaired) electrons. The Morgan fingerprint density at radius 2 is 2.16 bits per heavy atom. The molecular weight excluding hydrogens is 377 g/mol. The summed E-state index contributed by atoms with van der Waals surface area (Å²) in [6.07, 6.45) is 2.33. The number of thioether (sulfide) groups is 1. The topological polar surface area (TPSA) is 80.5 Å². The smallest absolute Gasteiger partial charge is 0.229 e. The first-order chi connectivity index (χ1) is 8.83. The van der Waals surface area contributed by atoms with Crippen molar-refractivity contribution in [2.24, 2.45) is 10.7 Å². The van der Waals surface area contributed by atoms with E-state index in [1.807, 2.05) is 11.8 Å². The zero-order valence-corrected chi connectivity index (χ0v) is 13.8. The number of aliphatic imine (C=N–C) groups is 1. The average Bonchev–Trinajstić information content (AvgIpc) is 3.16. The Balaban J connectivity index is 0.00000133. The van der Waals surface area contributed by atoms with Gasteiger partial charge in [0, 0.05) is 30.5 Å². The Hall–Kier alpha value is -0.510. The van der Waals surface area contributed by atoms with E-state index < -0.39 is 0 Å². The third-order valence-electron chi connectivity index (χ3n) is 3.13. The first kappa shape index (κ1) is 14.9. The molecule has 1 aromatic heterocycles. The molecule has 2 aliphatic rings. The van der Waals surface area contributed by atoms with E-state index in [1.165, 1.54) is 12.8 Å². The van der Waals surface area contributed by atoms with Crippen LogP contribution in [0, 0.1) is 0 Å². The summed E-state index contributed by atoms with van der Waals surface area (Å²) in [5.74, 6) is 4.70. The molecule has 1 aromatic rings. The molecule has 0 amide bonds. The number of aromatic nitrogens is 2. The molecule has 106 valence electrons. The number of hydrogen-bond donors (Lipinski definition) is 1. The summed E-state index contributed by atoms with van der Waals surface area (Å²) in [5.41, 5.74) is 5.96. The van der Waals surface area contributed by atoms with Gasteiger partial charge in [-0.25, -0.2) is 4.99 Å². The predicted octanol–water partition coefficient (Wildman–Crippen LogP) is 1.43. The van der Waals surface area contributed by atoms with Crippen LogP contribution in [0.15, 0.2) is 9.52 Å². The van der Waals surface area contributed by atoms with Crippen LogP contribution in [-0.2, 0) is 6.54 Å². The maximum Gasteiger partial charge on any atom is 0.229 e. The van der Waals surface area contributed by atoms with Crippen LogP contribution in [0.3, 0.4) is 0 Å². The maximum absolute atomic E-state index is 5.96. The summed E-state index contributed by atoms with van der Waals surface area (Å²) in [4.78, 5) is 10.8. The fourth-order valence-corrected chi connectivity index (χ4v) is 2.78. The highest BCUT2D eigenvalue weighted by Gasteiger charge is 2.29. The van der Waals surface area contributed by atoms with E-state index in [-0.39, 0.29) is 24.0 Å². The molecule has 1 aliphatic carbocycles. The number of nitrogens with two attached hydrogens (primary N) is 1. The van der Waals surface area contributed by atoms with Gasteiger partial charge in [0.1, 0.15) is 6.54 Å². The van der Waals surface area contributed by atoms with Crippen molar-refractivity contribution in [2.45, 2.75) is 25.3 Å². The second kappa shape index (κ2) is 6.78. The summed E-state index contributed by atoms with van der Waals surface area (Å²) < 4.78 is 5.18. The Labute approximate surface area is 133 Å². The molecule has 1 saturated heterocycles. The summed E-state index contributed by atoms with van der Waals surface area (Å²) in [6.45, 7) is 2.35. The van der Waals surface area contributed by atoms with Gasteiger partial charge in [-0.2, -0.15) is 16.7 Å². The Kier molecular flexibility index (Phi) is 5.31. The summed E-state index contributed by atoms with van der Waals surface area (Å²) in [7, 11) is 0. The third kappa shape index (κ3) is 3.98. The minimum atomic E-state index is 0. The van der Waals surface area contributed by atoms with Gasteiger partial charge in [0.25, 0.3) is 0 Å². The number of guanidine groups is 1. The molecule has 2 heterocycles. The quantitative estimate of drug-likeness (QED) is 0.474. The molecule has 6 nitrogen and oxygen atoms in total. The molecule has 0 unspecified atom stereocenters. The Bertz CT molecular complexity index is 442. The number of nitrogens with zero attached hydrogens (tertiary/aromatic N) is 4. The van der Waals surface area contributed by atoms with Gasteiger partial charge in [-0.3, -0.25) is 0 Å². The van der Waals surface area contributed by atoms with Gasteiger partial charge in [-0.05, 0) is 12.8 Å². The maximum atomic E-state index is 5.96. The SMILES string of the molecule is I.NC(=NCc1noc(C2CC2)n1)N1CCSCC1. The van der Waals surface area contributed by atoms with E-state index in [1.54, 1.807) is 0 Å². The van der Waals surface area contributed by atoms with Crippen molar-refractivity contribution in [3.63, 3.8) is 0 Å². The van der Waals surface area contributed by atoms with Crippen LogP contribution in [0.4, 0.5) is 0 Å². The van der Waals surface area contributed by atoms with E-state index in [2.05, 4.69) is 20.0 Å². The largest absolute Gasteiger partial charge is 0.370 e. The van der Waals surface area contributed by atoms with Crippen LogP contribution < -0.4 is 5.73 Å². The third-order valence-corrected chi connectivity index (χ3v) is 4.07. The van der Waals surface area contributed by atoms with Gasteiger partial charge in [0.2, 0.25) is 5.89 Å². The minimum Gasteiger partial charge on any atom is -0.370 e. The lowest BCUT2D eigenvalue weighted by atomic mass is 10.4. The average molecular weight is 395 g/mol. The van der Waals surface area contributed by atoms with E-state index in [4.69, 9.17) is 10.3 Å². The predicted molar refractivity (Wildman–Crippen MR) is 85.9 cm³/mol. The van der Waals surface area contributed by atoms with Crippen molar-refractivity contribution in [3.8, 4) is 0 Å². The van der Waals surface area contributed by atoms with Crippen molar-refractivity contribution >= 4 is 41.7 Å². The van der Waals surface area contributed by atoms with Gasteiger partial charge in [0.15, 0.2) is 11.8 Å². The summed E-state index contributed by atoms with van der Waals surface area (Å²) >= 11 is 1.95. The lowest BCUT2D eigenvalue weighted by Crippen LogP contribution is -2.42. The normalized spacial score (nSPS) is 20.2. The summed E-state index contributed by atoms with van der Waals surface area (Å²) in [6, 6.07) is 0. The van der Waals surface area contributed by atoms with Crippen molar-refractivity contribution in [3.05, 3.63) is 11.7 Å².